The molecule has 1 aromatic heterocycles. The predicted molar refractivity (Wildman–Crippen MR) is 97.9 cm³/mol. The van der Waals surface area contributed by atoms with Gasteiger partial charge in [0.25, 0.3) is 0 Å². The standard InChI is InChI=1S/C21H28FNO/c1-3-5-7-8-9-17-10-13-21(23-16-17)19-12-11-18(15-20(19)22)24-14-6-4-2/h10-13,15-16H,3-9,14H2,1-2H3. The zero-order valence-electron chi connectivity index (χ0n) is 14.9. The average Bonchev–Trinajstić information content (AvgIpc) is 2.60. The number of unbranched alkanes of at least 4 members (excludes halogenated alkanes) is 4. The Hall–Kier alpha value is -1.90. The van der Waals surface area contributed by atoms with E-state index in [1.807, 2.05) is 18.3 Å². The largest absolute Gasteiger partial charge is 0.493 e. The van der Waals surface area contributed by atoms with Crippen molar-refractivity contribution in [2.24, 2.45) is 0 Å². The Balaban J connectivity index is 1.98. The fraction of sp³-hybridized carbons (Fsp3) is 0.476. The van der Waals surface area contributed by atoms with Crippen molar-refractivity contribution in [2.45, 2.75) is 58.8 Å². The van der Waals surface area contributed by atoms with Gasteiger partial charge in [-0.3, -0.25) is 4.98 Å². The van der Waals surface area contributed by atoms with Crippen molar-refractivity contribution in [2.75, 3.05) is 6.61 Å². The molecule has 2 nitrogen and oxygen atoms in total. The maximum atomic E-state index is 14.3. The van der Waals surface area contributed by atoms with Crippen molar-refractivity contribution >= 4 is 0 Å². The van der Waals surface area contributed by atoms with E-state index in [0.29, 0.717) is 23.6 Å². The fourth-order valence-corrected chi connectivity index (χ4v) is 2.62. The number of halogens is 1. The van der Waals surface area contributed by atoms with Crippen LogP contribution in [0.2, 0.25) is 0 Å². The molecule has 1 heterocycles. The summed E-state index contributed by atoms with van der Waals surface area (Å²) in [5, 5.41) is 0. The highest BCUT2D eigenvalue weighted by Gasteiger charge is 2.08. The summed E-state index contributed by atoms with van der Waals surface area (Å²) in [5.41, 5.74) is 2.41. The number of ether oxygens (including phenoxy) is 1. The van der Waals surface area contributed by atoms with Crippen molar-refractivity contribution in [1.82, 2.24) is 4.98 Å². The maximum Gasteiger partial charge on any atom is 0.136 e. The number of aryl methyl sites for hydroxylation is 1. The molecule has 1 aromatic carbocycles. The quantitative estimate of drug-likeness (QED) is 0.485. The highest BCUT2D eigenvalue weighted by molar-refractivity contribution is 5.61. The van der Waals surface area contributed by atoms with Crippen LogP contribution in [-0.2, 0) is 6.42 Å². The predicted octanol–water partition coefficient (Wildman–Crippen LogP) is 6.19. The summed E-state index contributed by atoms with van der Waals surface area (Å²) < 4.78 is 19.9. The summed E-state index contributed by atoms with van der Waals surface area (Å²) in [5.74, 6) is 0.296. The minimum Gasteiger partial charge on any atom is -0.493 e. The Morgan fingerprint density at radius 2 is 1.79 bits per heavy atom. The monoisotopic (exact) mass is 329 g/mol. The van der Waals surface area contributed by atoms with Crippen LogP contribution in [0.4, 0.5) is 4.39 Å². The molecule has 130 valence electrons. The third kappa shape index (κ3) is 5.63. The van der Waals surface area contributed by atoms with E-state index in [2.05, 4.69) is 24.9 Å². The van der Waals surface area contributed by atoms with Gasteiger partial charge in [0.2, 0.25) is 0 Å². The number of benzene rings is 1. The number of hydrogen-bond acceptors (Lipinski definition) is 2. The first-order valence-electron chi connectivity index (χ1n) is 9.12. The van der Waals surface area contributed by atoms with Crippen LogP contribution in [0.1, 0.15) is 57.9 Å². The summed E-state index contributed by atoms with van der Waals surface area (Å²) in [6, 6.07) is 8.98. The molecule has 0 saturated carbocycles. The molecule has 24 heavy (non-hydrogen) atoms. The molecule has 2 rings (SSSR count). The molecule has 0 atom stereocenters. The number of hydrogen-bond donors (Lipinski definition) is 0. The molecule has 0 amide bonds. The molecule has 0 aliphatic heterocycles. The van der Waals surface area contributed by atoms with Crippen molar-refractivity contribution in [1.29, 1.82) is 0 Å². The van der Waals surface area contributed by atoms with Gasteiger partial charge in [-0.05, 0) is 43.0 Å². The molecular weight excluding hydrogens is 301 g/mol. The second-order valence-electron chi connectivity index (χ2n) is 6.21. The normalized spacial score (nSPS) is 10.8. The van der Waals surface area contributed by atoms with E-state index in [0.717, 1.165) is 19.3 Å². The van der Waals surface area contributed by atoms with E-state index in [-0.39, 0.29) is 5.82 Å². The third-order valence-corrected chi connectivity index (χ3v) is 4.13. The van der Waals surface area contributed by atoms with Gasteiger partial charge in [-0.1, -0.05) is 45.6 Å². The van der Waals surface area contributed by atoms with Gasteiger partial charge in [-0.25, -0.2) is 4.39 Å². The van der Waals surface area contributed by atoms with E-state index in [1.165, 1.54) is 37.3 Å². The lowest BCUT2D eigenvalue weighted by atomic mass is 10.1. The minimum absolute atomic E-state index is 0.285. The van der Waals surface area contributed by atoms with Crippen LogP contribution in [0.25, 0.3) is 11.3 Å². The Morgan fingerprint density at radius 1 is 0.958 bits per heavy atom. The molecule has 3 heteroatoms. The number of pyridine rings is 1. The maximum absolute atomic E-state index is 14.3. The molecule has 0 unspecified atom stereocenters. The van der Waals surface area contributed by atoms with Crippen LogP contribution in [-0.4, -0.2) is 11.6 Å². The van der Waals surface area contributed by atoms with Crippen LogP contribution >= 0.6 is 0 Å². The molecule has 0 bridgehead atoms. The smallest absolute Gasteiger partial charge is 0.136 e. The number of nitrogens with zero attached hydrogens (tertiary/aromatic N) is 1. The summed E-state index contributed by atoms with van der Waals surface area (Å²) in [4.78, 5) is 4.43. The summed E-state index contributed by atoms with van der Waals surface area (Å²) in [6.45, 7) is 4.94. The summed E-state index contributed by atoms with van der Waals surface area (Å²) >= 11 is 0. The van der Waals surface area contributed by atoms with Gasteiger partial charge in [0, 0.05) is 17.8 Å². The first kappa shape index (κ1) is 18.4. The SMILES string of the molecule is CCCCCCc1ccc(-c2ccc(OCCCC)cc2F)nc1. The minimum atomic E-state index is -0.285. The van der Waals surface area contributed by atoms with Crippen LogP contribution in [0, 0.1) is 5.82 Å². The zero-order chi connectivity index (χ0) is 17.2. The average molecular weight is 329 g/mol. The van der Waals surface area contributed by atoms with E-state index in [4.69, 9.17) is 4.74 Å². The molecule has 2 aromatic rings. The van der Waals surface area contributed by atoms with Gasteiger partial charge >= 0.3 is 0 Å². The topological polar surface area (TPSA) is 22.1 Å². The third-order valence-electron chi connectivity index (χ3n) is 4.13. The first-order chi connectivity index (χ1) is 11.7. The van der Waals surface area contributed by atoms with Crippen molar-refractivity contribution in [3.63, 3.8) is 0 Å². The van der Waals surface area contributed by atoms with Gasteiger partial charge in [0.05, 0.1) is 12.3 Å². The molecule has 0 aliphatic rings. The Morgan fingerprint density at radius 3 is 2.46 bits per heavy atom. The first-order valence-corrected chi connectivity index (χ1v) is 9.12. The molecular formula is C21H28FNO. The van der Waals surface area contributed by atoms with Crippen LogP contribution in [0.3, 0.4) is 0 Å². The van der Waals surface area contributed by atoms with Crippen LogP contribution in [0.5, 0.6) is 5.75 Å². The number of aromatic nitrogens is 1. The highest BCUT2D eigenvalue weighted by Crippen LogP contribution is 2.25. The van der Waals surface area contributed by atoms with Crippen LogP contribution < -0.4 is 4.74 Å². The summed E-state index contributed by atoms with van der Waals surface area (Å²) in [7, 11) is 0. The Labute approximate surface area is 145 Å². The molecule has 0 N–H and O–H groups in total. The van der Waals surface area contributed by atoms with E-state index in [1.54, 1.807) is 6.07 Å². The zero-order valence-corrected chi connectivity index (χ0v) is 14.9. The van der Waals surface area contributed by atoms with E-state index in [9.17, 15) is 4.39 Å². The van der Waals surface area contributed by atoms with Gasteiger partial charge < -0.3 is 4.74 Å². The lowest BCUT2D eigenvalue weighted by Crippen LogP contribution is -1.97. The molecule has 0 fully saturated rings. The van der Waals surface area contributed by atoms with Gasteiger partial charge in [-0.2, -0.15) is 0 Å². The lowest BCUT2D eigenvalue weighted by molar-refractivity contribution is 0.308. The second-order valence-corrected chi connectivity index (χ2v) is 6.21. The molecule has 0 saturated heterocycles. The van der Waals surface area contributed by atoms with Crippen LogP contribution in [0.15, 0.2) is 36.5 Å². The Kier molecular flexibility index (Phi) is 7.73. The van der Waals surface area contributed by atoms with Gasteiger partial charge in [0.1, 0.15) is 11.6 Å². The highest BCUT2D eigenvalue weighted by atomic mass is 19.1. The molecule has 0 radical (unpaired) electrons. The van der Waals surface area contributed by atoms with Gasteiger partial charge in [-0.15, -0.1) is 0 Å². The van der Waals surface area contributed by atoms with Crippen molar-refractivity contribution in [3.05, 3.63) is 47.9 Å². The number of rotatable bonds is 10. The molecule has 0 aliphatic carbocycles. The van der Waals surface area contributed by atoms with Gasteiger partial charge in [0.15, 0.2) is 0 Å². The second kappa shape index (κ2) is 10.1. The fourth-order valence-electron chi connectivity index (χ4n) is 2.62. The Bertz CT molecular complexity index is 610. The van der Waals surface area contributed by atoms with Crippen molar-refractivity contribution in [3.8, 4) is 17.0 Å². The molecule has 0 spiro atoms. The lowest BCUT2D eigenvalue weighted by Gasteiger charge is -2.08. The van der Waals surface area contributed by atoms with E-state index >= 15 is 0 Å². The van der Waals surface area contributed by atoms with E-state index < -0.39 is 0 Å². The summed E-state index contributed by atoms with van der Waals surface area (Å²) in [6.07, 6.45) is 9.92. The van der Waals surface area contributed by atoms with Crippen molar-refractivity contribution < 1.29 is 9.13 Å².